The maximum absolute atomic E-state index is 14.0. The molecule has 1 saturated heterocycles. The first-order chi connectivity index (χ1) is 8.65. The first-order valence-corrected chi connectivity index (χ1v) is 5.77. The molecule has 0 aliphatic carbocycles. The summed E-state index contributed by atoms with van der Waals surface area (Å²) in [7, 11) is 2.04. The molecule has 3 rings (SSSR count). The Labute approximate surface area is 103 Å². The van der Waals surface area contributed by atoms with Gasteiger partial charge in [-0.3, -0.25) is 4.63 Å². The molecule has 1 aromatic heterocycles. The van der Waals surface area contributed by atoms with Crippen LogP contribution in [0.25, 0.3) is 11.0 Å². The molecule has 96 valence electrons. The molecule has 2 aromatic rings. The Morgan fingerprint density at radius 1 is 1.33 bits per heavy atom. The van der Waals surface area contributed by atoms with Gasteiger partial charge < -0.3 is 15.0 Å². The van der Waals surface area contributed by atoms with Crippen LogP contribution in [0.2, 0.25) is 0 Å². The fourth-order valence-corrected chi connectivity index (χ4v) is 2.17. The Kier molecular flexibility index (Phi) is 2.55. The van der Waals surface area contributed by atoms with Gasteiger partial charge in [-0.15, -0.1) is 0 Å². The fourth-order valence-electron chi connectivity index (χ4n) is 2.17. The van der Waals surface area contributed by atoms with Crippen LogP contribution in [0.15, 0.2) is 16.8 Å². The Morgan fingerprint density at radius 3 is 2.78 bits per heavy atom. The Morgan fingerprint density at radius 2 is 2.06 bits per heavy atom. The van der Waals surface area contributed by atoms with Gasteiger partial charge in [-0.1, -0.05) is 0 Å². The second-order valence-corrected chi connectivity index (χ2v) is 4.51. The smallest absolute Gasteiger partial charge is 0.250 e. The van der Waals surface area contributed by atoms with Crippen molar-refractivity contribution in [3.05, 3.63) is 23.2 Å². The lowest BCUT2D eigenvalue weighted by molar-refractivity contribution is -0.782. The third kappa shape index (κ3) is 1.76. The van der Waals surface area contributed by atoms with Gasteiger partial charge in [0.05, 0.1) is 5.69 Å². The topological polar surface area (TPSA) is 59.5 Å². The molecule has 6 nitrogen and oxygen atoms in total. The SMILES string of the molecule is CN1CCN(c2cc3no[n+]([O-])c3cc2F)CC1. The summed E-state index contributed by atoms with van der Waals surface area (Å²) in [6.07, 6.45) is 0. The van der Waals surface area contributed by atoms with Crippen molar-refractivity contribution in [2.24, 2.45) is 0 Å². The molecule has 0 N–H and O–H groups in total. The number of anilines is 1. The highest BCUT2D eigenvalue weighted by Gasteiger charge is 2.21. The van der Waals surface area contributed by atoms with Gasteiger partial charge >= 0.3 is 0 Å². The molecular formula is C11H13FN4O2. The average molecular weight is 252 g/mol. The summed E-state index contributed by atoms with van der Waals surface area (Å²) in [5.41, 5.74) is 0.968. The summed E-state index contributed by atoms with van der Waals surface area (Å²) in [5, 5.41) is 14.8. The number of hydrogen-bond donors (Lipinski definition) is 0. The van der Waals surface area contributed by atoms with Crippen molar-refractivity contribution < 1.29 is 13.9 Å². The predicted octanol–water partition coefficient (Wildman–Crippen LogP) is 0.352. The number of likely N-dealkylation sites (N-methyl/N-ethyl adjacent to an activating group) is 1. The standard InChI is InChI=1S/C11H13FN4O2/c1-14-2-4-15(5-3-14)10-7-9-11(6-8(10)12)16(17)18-13-9/h6-7H,2-5H2,1H3. The zero-order valence-electron chi connectivity index (χ0n) is 9.97. The van der Waals surface area contributed by atoms with E-state index in [9.17, 15) is 9.60 Å². The lowest BCUT2D eigenvalue weighted by Crippen LogP contribution is -2.44. The van der Waals surface area contributed by atoms with Gasteiger partial charge in [0.1, 0.15) is 0 Å². The molecule has 0 saturated carbocycles. The van der Waals surface area contributed by atoms with Crippen molar-refractivity contribution >= 4 is 16.7 Å². The molecule has 1 aliphatic rings. The minimum absolute atomic E-state index is 0.116. The van der Waals surface area contributed by atoms with Crippen LogP contribution in [0, 0.1) is 11.0 Å². The van der Waals surface area contributed by atoms with Gasteiger partial charge in [0.25, 0.3) is 5.52 Å². The summed E-state index contributed by atoms with van der Waals surface area (Å²) in [6.45, 7) is 3.29. The minimum Gasteiger partial charge on any atom is -0.366 e. The highest BCUT2D eigenvalue weighted by atomic mass is 19.1. The molecule has 0 bridgehead atoms. The Bertz CT molecular complexity index is 578. The maximum Gasteiger partial charge on any atom is 0.250 e. The molecule has 1 aromatic carbocycles. The number of rotatable bonds is 1. The summed E-state index contributed by atoms with van der Waals surface area (Å²) in [5.74, 6) is -0.417. The quantitative estimate of drug-likeness (QED) is 0.685. The van der Waals surface area contributed by atoms with E-state index >= 15 is 0 Å². The lowest BCUT2D eigenvalue weighted by Gasteiger charge is -2.33. The average Bonchev–Trinajstić information content (AvgIpc) is 2.71. The molecule has 7 heteroatoms. The molecule has 1 fully saturated rings. The second kappa shape index (κ2) is 4.09. The van der Waals surface area contributed by atoms with Gasteiger partial charge in [0.2, 0.25) is 5.52 Å². The van der Waals surface area contributed by atoms with E-state index in [1.165, 1.54) is 6.07 Å². The van der Waals surface area contributed by atoms with Crippen LogP contribution < -0.4 is 9.80 Å². The summed E-state index contributed by atoms with van der Waals surface area (Å²) < 4.78 is 18.4. The highest BCUT2D eigenvalue weighted by molar-refractivity contribution is 5.76. The number of benzene rings is 1. The van der Waals surface area contributed by atoms with Crippen LogP contribution in [-0.2, 0) is 0 Å². The maximum atomic E-state index is 14.0. The third-order valence-electron chi connectivity index (χ3n) is 3.30. The highest BCUT2D eigenvalue weighted by Crippen LogP contribution is 2.24. The van der Waals surface area contributed by atoms with E-state index in [1.807, 2.05) is 11.9 Å². The van der Waals surface area contributed by atoms with Crippen molar-refractivity contribution in [2.45, 2.75) is 0 Å². The normalized spacial score (nSPS) is 17.6. The first-order valence-electron chi connectivity index (χ1n) is 5.77. The van der Waals surface area contributed by atoms with E-state index in [0.717, 1.165) is 26.2 Å². The summed E-state index contributed by atoms with van der Waals surface area (Å²) in [6, 6.07) is 2.74. The molecule has 18 heavy (non-hydrogen) atoms. The molecule has 0 amide bonds. The van der Waals surface area contributed by atoms with E-state index in [1.54, 1.807) is 6.07 Å². The van der Waals surface area contributed by atoms with Crippen LogP contribution >= 0.6 is 0 Å². The van der Waals surface area contributed by atoms with Gasteiger partial charge in [-0.2, -0.15) is 0 Å². The Hall–Kier alpha value is -1.89. The first kappa shape index (κ1) is 11.2. The van der Waals surface area contributed by atoms with Crippen LogP contribution in [0.5, 0.6) is 0 Å². The lowest BCUT2D eigenvalue weighted by atomic mass is 10.2. The number of halogens is 1. The molecule has 0 atom stereocenters. The zero-order chi connectivity index (χ0) is 12.7. The summed E-state index contributed by atoms with van der Waals surface area (Å²) >= 11 is 0. The van der Waals surface area contributed by atoms with Crippen LogP contribution in [-0.4, -0.2) is 43.3 Å². The second-order valence-electron chi connectivity index (χ2n) is 4.51. The number of hydrogen-bond acceptors (Lipinski definition) is 5. The number of nitrogens with zero attached hydrogens (tertiary/aromatic N) is 4. The molecule has 0 unspecified atom stereocenters. The van der Waals surface area contributed by atoms with Gasteiger partial charge in [-0.05, 0) is 12.0 Å². The fraction of sp³-hybridized carbons (Fsp3) is 0.455. The van der Waals surface area contributed by atoms with E-state index in [0.29, 0.717) is 11.2 Å². The summed E-state index contributed by atoms with van der Waals surface area (Å²) in [4.78, 5) is 4.36. The van der Waals surface area contributed by atoms with Gasteiger partial charge in [0, 0.05) is 43.5 Å². The van der Waals surface area contributed by atoms with E-state index < -0.39 is 5.82 Å². The zero-order valence-corrected chi connectivity index (χ0v) is 9.97. The van der Waals surface area contributed by atoms with E-state index in [-0.39, 0.29) is 10.4 Å². The Balaban J connectivity index is 1.98. The van der Waals surface area contributed by atoms with Crippen molar-refractivity contribution in [1.82, 2.24) is 10.1 Å². The van der Waals surface area contributed by atoms with E-state index in [2.05, 4.69) is 14.7 Å². The molecule has 1 aliphatic heterocycles. The molecular weight excluding hydrogens is 239 g/mol. The predicted molar refractivity (Wildman–Crippen MR) is 62.6 cm³/mol. The number of piperazine rings is 1. The van der Waals surface area contributed by atoms with E-state index in [4.69, 9.17) is 0 Å². The molecule has 2 heterocycles. The molecule has 0 spiro atoms. The van der Waals surface area contributed by atoms with Crippen molar-refractivity contribution in [3.63, 3.8) is 0 Å². The number of aromatic nitrogens is 2. The van der Waals surface area contributed by atoms with Crippen LogP contribution in [0.1, 0.15) is 0 Å². The van der Waals surface area contributed by atoms with Crippen molar-refractivity contribution in [3.8, 4) is 0 Å². The van der Waals surface area contributed by atoms with Gasteiger partial charge in [0.15, 0.2) is 5.82 Å². The molecule has 0 radical (unpaired) electrons. The largest absolute Gasteiger partial charge is 0.366 e. The number of fused-ring (bicyclic) bond motifs is 1. The third-order valence-corrected chi connectivity index (χ3v) is 3.30. The monoisotopic (exact) mass is 252 g/mol. The van der Waals surface area contributed by atoms with Crippen LogP contribution in [0.4, 0.5) is 10.1 Å². The van der Waals surface area contributed by atoms with Crippen molar-refractivity contribution in [2.75, 3.05) is 38.1 Å². The minimum atomic E-state index is -0.417. The van der Waals surface area contributed by atoms with Gasteiger partial charge in [-0.25, -0.2) is 4.39 Å². The van der Waals surface area contributed by atoms with Crippen molar-refractivity contribution in [1.29, 1.82) is 0 Å². The van der Waals surface area contributed by atoms with Crippen LogP contribution in [0.3, 0.4) is 0 Å².